The maximum absolute atomic E-state index is 6.08. The molecule has 4 atom stereocenters. The van der Waals surface area contributed by atoms with Crippen LogP contribution >= 0.6 is 31.9 Å². The maximum atomic E-state index is 6.08. The fourth-order valence-electron chi connectivity index (χ4n) is 4.66. The molecule has 2 saturated heterocycles. The van der Waals surface area contributed by atoms with E-state index < -0.39 is 11.6 Å². The third-order valence-corrected chi connectivity index (χ3v) is 7.47. The van der Waals surface area contributed by atoms with Crippen LogP contribution in [-0.2, 0) is 18.9 Å². The summed E-state index contributed by atoms with van der Waals surface area (Å²) in [5, 5.41) is 0. The highest BCUT2D eigenvalue weighted by molar-refractivity contribution is 9.11. The van der Waals surface area contributed by atoms with Crippen molar-refractivity contribution in [2.24, 2.45) is 17.8 Å². The second-order valence-electron chi connectivity index (χ2n) is 5.95. The first-order valence-electron chi connectivity index (χ1n) is 6.96. The first-order chi connectivity index (χ1) is 9.64. The van der Waals surface area contributed by atoms with Gasteiger partial charge in [0.2, 0.25) is 5.79 Å². The van der Waals surface area contributed by atoms with Gasteiger partial charge >= 0.3 is 0 Å². The average Bonchev–Trinajstić information content (AvgIpc) is 3.20. The van der Waals surface area contributed by atoms with Gasteiger partial charge < -0.3 is 18.9 Å². The molecule has 5 aliphatic rings. The Labute approximate surface area is 133 Å². The normalized spacial score (nSPS) is 49.5. The molecule has 20 heavy (non-hydrogen) atoms. The number of fused-ring (bicyclic) bond motifs is 4. The molecule has 6 heteroatoms. The van der Waals surface area contributed by atoms with E-state index in [9.17, 15) is 0 Å². The maximum Gasteiger partial charge on any atom is 0.205 e. The molecule has 3 aliphatic carbocycles. The molecule has 108 valence electrons. The Morgan fingerprint density at radius 1 is 1.00 bits per heavy atom. The summed E-state index contributed by atoms with van der Waals surface area (Å²) in [6.45, 7) is 2.55. The lowest BCUT2D eigenvalue weighted by Gasteiger charge is -2.36. The van der Waals surface area contributed by atoms with Crippen LogP contribution < -0.4 is 0 Å². The van der Waals surface area contributed by atoms with Crippen molar-refractivity contribution in [3.05, 3.63) is 22.7 Å². The number of rotatable bonds is 0. The van der Waals surface area contributed by atoms with Crippen LogP contribution in [0.3, 0.4) is 0 Å². The van der Waals surface area contributed by atoms with Crippen LogP contribution in [0.1, 0.15) is 0 Å². The molecule has 0 N–H and O–H groups in total. The predicted octanol–water partition coefficient (Wildman–Crippen LogP) is 2.33. The molecule has 2 aliphatic heterocycles. The molecule has 2 heterocycles. The fourth-order valence-corrected chi connectivity index (χ4v) is 6.50. The first kappa shape index (κ1) is 12.8. The minimum absolute atomic E-state index is 0.138. The fraction of sp³-hybridized carbons (Fsp3) is 0.714. The van der Waals surface area contributed by atoms with E-state index in [0.717, 1.165) is 4.48 Å². The second kappa shape index (κ2) is 3.78. The lowest BCUT2D eigenvalue weighted by molar-refractivity contribution is -0.205. The van der Waals surface area contributed by atoms with Crippen LogP contribution in [0.5, 0.6) is 0 Å². The Morgan fingerprint density at radius 3 is 2.35 bits per heavy atom. The number of allylic oxidation sites excluding steroid dienone is 1. The summed E-state index contributed by atoms with van der Waals surface area (Å²) in [7, 11) is 0. The van der Waals surface area contributed by atoms with Gasteiger partial charge in [-0.25, -0.2) is 0 Å². The van der Waals surface area contributed by atoms with Crippen molar-refractivity contribution >= 4 is 31.9 Å². The van der Waals surface area contributed by atoms with Gasteiger partial charge in [-0.15, -0.1) is 0 Å². The van der Waals surface area contributed by atoms with Gasteiger partial charge in [0.15, 0.2) is 5.79 Å². The Morgan fingerprint density at radius 2 is 1.65 bits per heavy atom. The van der Waals surface area contributed by atoms with E-state index in [1.54, 1.807) is 0 Å². The van der Waals surface area contributed by atoms with E-state index in [1.807, 2.05) is 0 Å². The molecule has 0 amide bonds. The standard InChI is InChI=1S/C14H14Br2O4/c15-10-7-9-11(13(10)17-3-4-18-13)8-1-2-12(9,16)14(8)19-5-6-20-14/h1-2,7-9,11H,3-6H2/t8-,9-,11+,12-/m0/s1. The van der Waals surface area contributed by atoms with Gasteiger partial charge in [-0.05, 0) is 0 Å². The van der Waals surface area contributed by atoms with Crippen molar-refractivity contribution in [1.29, 1.82) is 0 Å². The summed E-state index contributed by atoms with van der Waals surface area (Å²) >= 11 is 7.58. The molecule has 3 fully saturated rings. The molecule has 1 saturated carbocycles. The van der Waals surface area contributed by atoms with Crippen LogP contribution in [0, 0.1) is 17.8 Å². The third-order valence-electron chi connectivity index (χ3n) is 5.31. The summed E-state index contributed by atoms with van der Waals surface area (Å²) in [4.78, 5) is 0. The first-order valence-corrected chi connectivity index (χ1v) is 8.55. The van der Waals surface area contributed by atoms with Gasteiger partial charge in [0.05, 0.1) is 30.9 Å². The zero-order valence-electron chi connectivity index (χ0n) is 10.7. The minimum Gasteiger partial charge on any atom is -0.345 e. The predicted molar refractivity (Wildman–Crippen MR) is 77.5 cm³/mol. The van der Waals surface area contributed by atoms with Gasteiger partial charge in [0.1, 0.15) is 4.32 Å². The largest absolute Gasteiger partial charge is 0.345 e. The Hall–Kier alpha value is 0.280. The second-order valence-corrected chi connectivity index (χ2v) is 8.11. The Bertz CT molecular complexity index is 533. The molecular weight excluding hydrogens is 392 g/mol. The number of halogens is 2. The smallest absolute Gasteiger partial charge is 0.205 e. The van der Waals surface area contributed by atoms with Crippen molar-refractivity contribution in [3.8, 4) is 0 Å². The van der Waals surface area contributed by atoms with Crippen molar-refractivity contribution in [2.75, 3.05) is 26.4 Å². The molecule has 5 rings (SSSR count). The van der Waals surface area contributed by atoms with Crippen molar-refractivity contribution < 1.29 is 18.9 Å². The van der Waals surface area contributed by atoms with Gasteiger partial charge in [-0.3, -0.25) is 0 Å². The molecular formula is C14H14Br2O4. The van der Waals surface area contributed by atoms with E-state index in [1.165, 1.54) is 0 Å². The highest BCUT2D eigenvalue weighted by atomic mass is 79.9. The summed E-state index contributed by atoms with van der Waals surface area (Å²) < 4.78 is 24.9. The van der Waals surface area contributed by atoms with E-state index in [-0.39, 0.29) is 22.1 Å². The Balaban J connectivity index is 1.68. The molecule has 0 aromatic carbocycles. The molecule has 4 nitrogen and oxygen atoms in total. The molecule has 2 bridgehead atoms. The summed E-state index contributed by atoms with van der Waals surface area (Å²) in [6, 6.07) is 0. The van der Waals surface area contributed by atoms with E-state index in [4.69, 9.17) is 18.9 Å². The minimum atomic E-state index is -0.655. The van der Waals surface area contributed by atoms with Crippen molar-refractivity contribution in [3.63, 3.8) is 0 Å². The average molecular weight is 406 g/mol. The van der Waals surface area contributed by atoms with Gasteiger partial charge in [-0.2, -0.15) is 0 Å². The number of hydrogen-bond acceptors (Lipinski definition) is 4. The van der Waals surface area contributed by atoms with Crippen molar-refractivity contribution in [2.45, 2.75) is 15.9 Å². The zero-order valence-corrected chi connectivity index (χ0v) is 13.9. The quantitative estimate of drug-likeness (QED) is 0.458. The zero-order chi connectivity index (χ0) is 13.6. The van der Waals surface area contributed by atoms with Crippen LogP contribution in [0.25, 0.3) is 0 Å². The van der Waals surface area contributed by atoms with Crippen LogP contribution in [-0.4, -0.2) is 42.3 Å². The van der Waals surface area contributed by atoms with Gasteiger partial charge in [0, 0.05) is 17.8 Å². The van der Waals surface area contributed by atoms with E-state index >= 15 is 0 Å². The third kappa shape index (κ3) is 1.14. The Kier molecular flexibility index (Phi) is 2.42. The highest BCUT2D eigenvalue weighted by Gasteiger charge is 2.79. The molecule has 2 spiro atoms. The molecule has 0 aromatic rings. The molecule has 0 unspecified atom stereocenters. The SMILES string of the molecule is BrC1=C[C@H]2[C@@H]([C@@H]3C=C[C@@]2(Br)C32OCCO2)C12OCCO2. The van der Waals surface area contributed by atoms with E-state index in [2.05, 4.69) is 50.1 Å². The topological polar surface area (TPSA) is 36.9 Å². The monoisotopic (exact) mass is 404 g/mol. The number of alkyl halides is 1. The summed E-state index contributed by atoms with van der Waals surface area (Å²) in [5.41, 5.74) is 0. The van der Waals surface area contributed by atoms with Crippen molar-refractivity contribution in [1.82, 2.24) is 0 Å². The van der Waals surface area contributed by atoms with Gasteiger partial charge in [0.25, 0.3) is 0 Å². The van der Waals surface area contributed by atoms with Crippen LogP contribution in [0.2, 0.25) is 0 Å². The summed E-state index contributed by atoms with van der Waals surface area (Å²) in [6.07, 6.45) is 6.60. The number of ether oxygens (including phenoxy) is 4. The summed E-state index contributed by atoms with van der Waals surface area (Å²) in [5.74, 6) is -0.698. The van der Waals surface area contributed by atoms with Crippen LogP contribution in [0.15, 0.2) is 22.7 Å². The molecule has 0 aromatic heterocycles. The van der Waals surface area contributed by atoms with Crippen LogP contribution in [0.4, 0.5) is 0 Å². The van der Waals surface area contributed by atoms with Gasteiger partial charge in [-0.1, -0.05) is 50.1 Å². The lowest BCUT2D eigenvalue weighted by atomic mass is 9.82. The lowest BCUT2D eigenvalue weighted by Crippen LogP contribution is -2.48. The van der Waals surface area contributed by atoms with E-state index in [0.29, 0.717) is 26.4 Å². The highest BCUT2D eigenvalue weighted by Crippen LogP contribution is 2.71. The number of hydrogen-bond donors (Lipinski definition) is 0. The molecule has 0 radical (unpaired) electrons.